The van der Waals surface area contributed by atoms with Crippen LogP contribution in [-0.4, -0.2) is 82.8 Å². The lowest BCUT2D eigenvalue weighted by Gasteiger charge is -2.23. The van der Waals surface area contributed by atoms with Gasteiger partial charge in [0.05, 0.1) is 0 Å². The lowest BCUT2D eigenvalue weighted by Crippen LogP contribution is -2.43. The smallest absolute Gasteiger partial charge is 0.278 e. The van der Waals surface area contributed by atoms with E-state index in [0.717, 1.165) is 10.8 Å². The quantitative estimate of drug-likeness (QED) is 0.606. The van der Waals surface area contributed by atoms with E-state index in [4.69, 9.17) is 0 Å². The number of carbonyl (C=O) groups is 1. The van der Waals surface area contributed by atoms with Crippen molar-refractivity contribution in [1.29, 1.82) is 0 Å². The average Bonchev–Trinajstić information content (AvgIpc) is 2.21. The van der Waals surface area contributed by atoms with Crippen LogP contribution in [0.2, 0.25) is 0 Å². The molecule has 0 radical (unpaired) electrons. The second kappa shape index (κ2) is 7.67. The monoisotopic (exact) mass is 280 g/mol. The van der Waals surface area contributed by atoms with Gasteiger partial charge in [-0.2, -0.15) is 12.7 Å². The highest BCUT2D eigenvalue weighted by atomic mass is 32.2. The SMILES string of the molecule is CC(=O)N(CCNS(=O)(=O)N(C)C)CCN(C)C. The molecule has 0 fully saturated rings. The Morgan fingerprint density at radius 1 is 1.06 bits per heavy atom. The van der Waals surface area contributed by atoms with Crippen molar-refractivity contribution in [2.24, 2.45) is 0 Å². The summed E-state index contributed by atoms with van der Waals surface area (Å²) in [5.74, 6) is -0.0547. The van der Waals surface area contributed by atoms with Crippen LogP contribution in [0.3, 0.4) is 0 Å². The summed E-state index contributed by atoms with van der Waals surface area (Å²) in [4.78, 5) is 15.0. The number of likely N-dealkylation sites (N-methyl/N-ethyl adjacent to an activating group) is 1. The predicted octanol–water partition coefficient (Wildman–Crippen LogP) is -1.21. The van der Waals surface area contributed by atoms with Gasteiger partial charge in [-0.05, 0) is 14.1 Å². The fourth-order valence-electron chi connectivity index (χ4n) is 1.19. The molecule has 0 unspecified atom stereocenters. The van der Waals surface area contributed by atoms with Crippen molar-refractivity contribution in [2.75, 3.05) is 54.4 Å². The van der Waals surface area contributed by atoms with Gasteiger partial charge in [0.1, 0.15) is 0 Å². The van der Waals surface area contributed by atoms with Gasteiger partial charge >= 0.3 is 0 Å². The van der Waals surface area contributed by atoms with Crippen molar-refractivity contribution in [3.05, 3.63) is 0 Å². The Labute approximate surface area is 110 Å². The first-order valence-corrected chi connectivity index (χ1v) is 7.18. The largest absolute Gasteiger partial charge is 0.340 e. The molecule has 0 heterocycles. The summed E-state index contributed by atoms with van der Waals surface area (Å²) in [6.07, 6.45) is 0. The lowest BCUT2D eigenvalue weighted by atomic mass is 10.4. The molecule has 0 bridgehead atoms. The summed E-state index contributed by atoms with van der Waals surface area (Å²) < 4.78 is 26.4. The van der Waals surface area contributed by atoms with E-state index in [9.17, 15) is 13.2 Å². The van der Waals surface area contributed by atoms with Crippen LogP contribution in [0.4, 0.5) is 0 Å². The highest BCUT2D eigenvalue weighted by molar-refractivity contribution is 7.87. The van der Waals surface area contributed by atoms with Crippen LogP contribution in [0.25, 0.3) is 0 Å². The third kappa shape index (κ3) is 6.90. The lowest BCUT2D eigenvalue weighted by molar-refractivity contribution is -0.128. The molecule has 18 heavy (non-hydrogen) atoms. The Kier molecular flexibility index (Phi) is 7.37. The normalized spacial score (nSPS) is 12.2. The van der Waals surface area contributed by atoms with E-state index in [0.29, 0.717) is 13.1 Å². The third-order valence-corrected chi connectivity index (χ3v) is 3.94. The first-order chi connectivity index (χ1) is 8.16. The Morgan fingerprint density at radius 2 is 1.61 bits per heavy atom. The molecule has 0 atom stereocenters. The van der Waals surface area contributed by atoms with Gasteiger partial charge in [-0.3, -0.25) is 4.79 Å². The van der Waals surface area contributed by atoms with Gasteiger partial charge in [0.2, 0.25) is 5.91 Å². The highest BCUT2D eigenvalue weighted by Gasteiger charge is 2.14. The van der Waals surface area contributed by atoms with Crippen molar-refractivity contribution in [1.82, 2.24) is 18.8 Å². The first-order valence-electron chi connectivity index (χ1n) is 5.74. The number of hydrogen-bond acceptors (Lipinski definition) is 4. The minimum atomic E-state index is -3.42. The molecule has 0 aromatic carbocycles. The summed E-state index contributed by atoms with van der Waals surface area (Å²) in [6, 6.07) is 0. The van der Waals surface area contributed by atoms with Crippen LogP contribution in [0.15, 0.2) is 0 Å². The molecule has 0 saturated carbocycles. The standard InChI is InChI=1S/C10H24N4O3S/c1-10(15)14(9-8-12(2)3)7-6-11-18(16,17)13(4)5/h11H,6-9H2,1-5H3. The minimum absolute atomic E-state index is 0.0547. The molecular weight excluding hydrogens is 256 g/mol. The zero-order valence-corrected chi connectivity index (χ0v) is 12.6. The van der Waals surface area contributed by atoms with E-state index in [1.165, 1.54) is 21.0 Å². The van der Waals surface area contributed by atoms with Crippen molar-refractivity contribution < 1.29 is 13.2 Å². The average molecular weight is 280 g/mol. The summed E-state index contributed by atoms with van der Waals surface area (Å²) in [5.41, 5.74) is 0. The molecule has 7 nitrogen and oxygen atoms in total. The van der Waals surface area contributed by atoms with E-state index in [2.05, 4.69) is 4.72 Å². The van der Waals surface area contributed by atoms with E-state index >= 15 is 0 Å². The van der Waals surface area contributed by atoms with Crippen molar-refractivity contribution in [2.45, 2.75) is 6.92 Å². The van der Waals surface area contributed by atoms with E-state index in [1.54, 1.807) is 4.90 Å². The summed E-state index contributed by atoms with van der Waals surface area (Å²) in [6.45, 7) is 3.41. The van der Waals surface area contributed by atoms with Crippen LogP contribution < -0.4 is 4.72 Å². The Balaban J connectivity index is 4.17. The van der Waals surface area contributed by atoms with Gasteiger partial charge < -0.3 is 9.80 Å². The molecule has 0 aliphatic heterocycles. The zero-order chi connectivity index (χ0) is 14.3. The molecule has 1 amide bonds. The van der Waals surface area contributed by atoms with Gasteiger partial charge in [-0.15, -0.1) is 0 Å². The third-order valence-electron chi connectivity index (χ3n) is 2.41. The van der Waals surface area contributed by atoms with Crippen molar-refractivity contribution in [3.63, 3.8) is 0 Å². The van der Waals surface area contributed by atoms with Crippen LogP contribution in [0.1, 0.15) is 6.92 Å². The fourth-order valence-corrected chi connectivity index (χ4v) is 1.79. The number of carbonyl (C=O) groups excluding carboxylic acids is 1. The number of amides is 1. The molecule has 8 heteroatoms. The maximum absolute atomic E-state index is 11.5. The van der Waals surface area contributed by atoms with Gasteiger partial charge in [-0.25, -0.2) is 4.72 Å². The second-order valence-electron chi connectivity index (χ2n) is 4.49. The van der Waals surface area contributed by atoms with Crippen LogP contribution in [0, 0.1) is 0 Å². The number of nitrogens with zero attached hydrogens (tertiary/aromatic N) is 3. The molecule has 0 aliphatic carbocycles. The Hall–Kier alpha value is -0.700. The summed E-state index contributed by atoms with van der Waals surface area (Å²) >= 11 is 0. The van der Waals surface area contributed by atoms with Crippen LogP contribution >= 0.6 is 0 Å². The highest BCUT2D eigenvalue weighted by Crippen LogP contribution is 1.92. The van der Waals surface area contributed by atoms with Crippen LogP contribution in [-0.2, 0) is 15.0 Å². The maximum atomic E-state index is 11.5. The zero-order valence-electron chi connectivity index (χ0n) is 11.8. The van der Waals surface area contributed by atoms with Gasteiger partial charge in [0.25, 0.3) is 10.2 Å². The Morgan fingerprint density at radius 3 is 2.00 bits per heavy atom. The summed E-state index contributed by atoms with van der Waals surface area (Å²) in [5, 5.41) is 0. The van der Waals surface area contributed by atoms with Crippen LogP contribution in [0.5, 0.6) is 0 Å². The molecule has 0 aliphatic rings. The van der Waals surface area contributed by atoms with Crippen molar-refractivity contribution >= 4 is 16.1 Å². The second-order valence-corrected chi connectivity index (χ2v) is 6.46. The van der Waals surface area contributed by atoms with E-state index < -0.39 is 10.2 Å². The predicted molar refractivity (Wildman–Crippen MR) is 71.4 cm³/mol. The molecule has 0 spiro atoms. The molecular formula is C10H24N4O3S. The van der Waals surface area contributed by atoms with Gasteiger partial charge in [-0.1, -0.05) is 0 Å². The molecule has 1 N–H and O–H groups in total. The number of rotatable bonds is 8. The fraction of sp³-hybridized carbons (Fsp3) is 0.900. The molecule has 0 aromatic heterocycles. The number of hydrogen-bond donors (Lipinski definition) is 1. The molecule has 0 saturated heterocycles. The van der Waals surface area contributed by atoms with Gasteiger partial charge in [0.15, 0.2) is 0 Å². The van der Waals surface area contributed by atoms with E-state index in [-0.39, 0.29) is 12.5 Å². The first kappa shape index (κ1) is 17.3. The Bertz CT molecular complexity index is 354. The summed E-state index contributed by atoms with van der Waals surface area (Å²) in [7, 11) is 3.34. The molecule has 108 valence electrons. The topological polar surface area (TPSA) is 73.0 Å². The minimum Gasteiger partial charge on any atom is -0.340 e. The number of nitrogens with one attached hydrogen (secondary N) is 1. The maximum Gasteiger partial charge on any atom is 0.278 e. The van der Waals surface area contributed by atoms with Gasteiger partial charge in [0, 0.05) is 47.2 Å². The van der Waals surface area contributed by atoms with E-state index in [1.807, 2.05) is 19.0 Å². The molecule has 0 aromatic rings. The van der Waals surface area contributed by atoms with Crippen molar-refractivity contribution in [3.8, 4) is 0 Å². The molecule has 0 rings (SSSR count).